The first-order valence-corrected chi connectivity index (χ1v) is 7.76. The van der Waals surface area contributed by atoms with Gasteiger partial charge in [0.2, 0.25) is 0 Å². The van der Waals surface area contributed by atoms with E-state index >= 15 is 0 Å². The lowest BCUT2D eigenvalue weighted by molar-refractivity contribution is 0.104. The van der Waals surface area contributed by atoms with Crippen molar-refractivity contribution in [3.05, 3.63) is 59.9 Å². The van der Waals surface area contributed by atoms with E-state index in [0.717, 1.165) is 17.7 Å². The van der Waals surface area contributed by atoms with Crippen LogP contribution in [0.1, 0.15) is 36.2 Å². The predicted octanol–water partition coefficient (Wildman–Crippen LogP) is 4.17. The van der Waals surface area contributed by atoms with Crippen LogP contribution in [-0.2, 0) is 0 Å². The average molecular weight is 311 g/mol. The third-order valence-corrected chi connectivity index (χ3v) is 3.10. The van der Waals surface area contributed by atoms with Gasteiger partial charge >= 0.3 is 0 Å². The number of pyridine rings is 1. The maximum Gasteiger partial charge on any atom is 0.187 e. The van der Waals surface area contributed by atoms with Crippen molar-refractivity contribution in [2.24, 2.45) is 0 Å². The van der Waals surface area contributed by atoms with Crippen molar-refractivity contribution in [3.63, 3.8) is 0 Å². The number of ether oxygens (including phenoxy) is 2. The number of allylic oxidation sites excluding steroid dienone is 1. The van der Waals surface area contributed by atoms with Gasteiger partial charge in [0.1, 0.15) is 0 Å². The van der Waals surface area contributed by atoms with E-state index in [0.29, 0.717) is 24.5 Å². The van der Waals surface area contributed by atoms with Crippen LogP contribution in [0.3, 0.4) is 0 Å². The minimum Gasteiger partial charge on any atom is -0.490 e. The van der Waals surface area contributed by atoms with Crippen molar-refractivity contribution in [1.29, 1.82) is 0 Å². The van der Waals surface area contributed by atoms with E-state index in [2.05, 4.69) is 11.9 Å². The van der Waals surface area contributed by atoms with Crippen LogP contribution >= 0.6 is 0 Å². The van der Waals surface area contributed by atoms with Crippen molar-refractivity contribution >= 4 is 11.9 Å². The second-order valence-electron chi connectivity index (χ2n) is 4.93. The molecule has 0 atom stereocenters. The van der Waals surface area contributed by atoms with E-state index in [1.807, 2.05) is 25.1 Å². The fourth-order valence-electron chi connectivity index (χ4n) is 2.00. The Labute approximate surface area is 136 Å². The Kier molecular flexibility index (Phi) is 6.36. The fourth-order valence-corrected chi connectivity index (χ4v) is 2.00. The first-order valence-electron chi connectivity index (χ1n) is 7.76. The minimum atomic E-state index is -0.0811. The van der Waals surface area contributed by atoms with E-state index in [9.17, 15) is 4.79 Å². The van der Waals surface area contributed by atoms with Gasteiger partial charge in [0, 0.05) is 18.0 Å². The molecule has 1 aromatic heterocycles. The molecule has 0 spiro atoms. The zero-order chi connectivity index (χ0) is 16.5. The standard InChI is InChI=1S/C19H21NO3/c1-3-12-23-18-10-8-15(13-19(18)22-4-2)7-9-17(21)16-6-5-11-20-14-16/h5-11,13-14H,3-4,12H2,1-2H3/b9-7+. The van der Waals surface area contributed by atoms with Crippen LogP contribution in [0, 0.1) is 0 Å². The maximum atomic E-state index is 12.1. The molecule has 2 rings (SSSR count). The van der Waals surface area contributed by atoms with Crippen LogP contribution < -0.4 is 9.47 Å². The van der Waals surface area contributed by atoms with Crippen LogP contribution in [0.4, 0.5) is 0 Å². The largest absolute Gasteiger partial charge is 0.490 e. The highest BCUT2D eigenvalue weighted by molar-refractivity contribution is 6.06. The Morgan fingerprint density at radius 3 is 2.74 bits per heavy atom. The van der Waals surface area contributed by atoms with Gasteiger partial charge in [-0.25, -0.2) is 0 Å². The molecule has 0 radical (unpaired) electrons. The summed E-state index contributed by atoms with van der Waals surface area (Å²) in [6.07, 6.45) is 7.44. The summed E-state index contributed by atoms with van der Waals surface area (Å²) in [5.41, 5.74) is 1.45. The molecule has 0 aliphatic carbocycles. The molecule has 0 aliphatic rings. The summed E-state index contributed by atoms with van der Waals surface area (Å²) in [5, 5.41) is 0. The second-order valence-corrected chi connectivity index (χ2v) is 4.93. The van der Waals surface area contributed by atoms with Crippen molar-refractivity contribution in [2.75, 3.05) is 13.2 Å². The summed E-state index contributed by atoms with van der Waals surface area (Å²) in [4.78, 5) is 16.0. The molecule has 0 saturated carbocycles. The molecule has 0 aliphatic heterocycles. The second kappa shape index (κ2) is 8.73. The number of nitrogens with zero attached hydrogens (tertiary/aromatic N) is 1. The van der Waals surface area contributed by atoms with Gasteiger partial charge in [-0.1, -0.05) is 19.1 Å². The van der Waals surface area contributed by atoms with E-state index in [1.54, 1.807) is 30.6 Å². The number of hydrogen-bond donors (Lipinski definition) is 0. The topological polar surface area (TPSA) is 48.4 Å². The van der Waals surface area contributed by atoms with Gasteiger partial charge in [-0.2, -0.15) is 0 Å². The van der Waals surface area contributed by atoms with Crippen molar-refractivity contribution in [3.8, 4) is 11.5 Å². The van der Waals surface area contributed by atoms with Gasteiger partial charge in [-0.05, 0) is 49.2 Å². The number of benzene rings is 1. The SMILES string of the molecule is CCCOc1ccc(/C=C/C(=O)c2cccnc2)cc1OCC. The maximum absolute atomic E-state index is 12.1. The Balaban J connectivity index is 2.14. The summed E-state index contributed by atoms with van der Waals surface area (Å²) >= 11 is 0. The lowest BCUT2D eigenvalue weighted by Gasteiger charge is -2.12. The Morgan fingerprint density at radius 2 is 2.04 bits per heavy atom. The number of aromatic nitrogens is 1. The van der Waals surface area contributed by atoms with Crippen LogP contribution in [-0.4, -0.2) is 24.0 Å². The van der Waals surface area contributed by atoms with E-state index in [4.69, 9.17) is 9.47 Å². The lowest BCUT2D eigenvalue weighted by Crippen LogP contribution is -2.00. The third kappa shape index (κ3) is 4.95. The molecule has 0 unspecified atom stereocenters. The molecule has 0 amide bonds. The fraction of sp³-hybridized carbons (Fsp3) is 0.263. The molecule has 0 saturated heterocycles. The highest BCUT2D eigenvalue weighted by Crippen LogP contribution is 2.29. The molecular formula is C19H21NO3. The molecule has 0 bridgehead atoms. The predicted molar refractivity (Wildman–Crippen MR) is 91.0 cm³/mol. The zero-order valence-corrected chi connectivity index (χ0v) is 13.5. The molecule has 23 heavy (non-hydrogen) atoms. The van der Waals surface area contributed by atoms with Gasteiger partial charge < -0.3 is 9.47 Å². The first kappa shape index (κ1) is 16.7. The first-order chi connectivity index (χ1) is 11.2. The number of carbonyl (C=O) groups is 1. The van der Waals surface area contributed by atoms with Gasteiger partial charge in [-0.3, -0.25) is 9.78 Å². The van der Waals surface area contributed by atoms with Crippen LogP contribution in [0.15, 0.2) is 48.8 Å². The van der Waals surface area contributed by atoms with Crippen LogP contribution in [0.5, 0.6) is 11.5 Å². The highest BCUT2D eigenvalue weighted by atomic mass is 16.5. The van der Waals surface area contributed by atoms with Gasteiger partial charge in [0.15, 0.2) is 17.3 Å². The van der Waals surface area contributed by atoms with E-state index < -0.39 is 0 Å². The highest BCUT2D eigenvalue weighted by Gasteiger charge is 2.06. The minimum absolute atomic E-state index is 0.0811. The van der Waals surface area contributed by atoms with E-state index in [-0.39, 0.29) is 5.78 Å². The lowest BCUT2D eigenvalue weighted by atomic mass is 10.1. The van der Waals surface area contributed by atoms with Crippen molar-refractivity contribution in [1.82, 2.24) is 4.98 Å². The van der Waals surface area contributed by atoms with Gasteiger partial charge in [0.25, 0.3) is 0 Å². The Bertz CT molecular complexity index is 666. The van der Waals surface area contributed by atoms with Gasteiger partial charge in [0.05, 0.1) is 13.2 Å². The normalized spacial score (nSPS) is 10.7. The summed E-state index contributed by atoms with van der Waals surface area (Å²) < 4.78 is 11.3. The van der Waals surface area contributed by atoms with Gasteiger partial charge in [-0.15, -0.1) is 0 Å². The molecule has 0 fully saturated rings. The van der Waals surface area contributed by atoms with Crippen molar-refractivity contribution < 1.29 is 14.3 Å². The number of hydrogen-bond acceptors (Lipinski definition) is 4. The van der Waals surface area contributed by atoms with E-state index in [1.165, 1.54) is 6.08 Å². The summed E-state index contributed by atoms with van der Waals surface area (Å²) in [6, 6.07) is 9.14. The van der Waals surface area contributed by atoms with Crippen molar-refractivity contribution in [2.45, 2.75) is 20.3 Å². The number of carbonyl (C=O) groups excluding carboxylic acids is 1. The Hall–Kier alpha value is -2.62. The smallest absolute Gasteiger partial charge is 0.187 e. The molecule has 4 nitrogen and oxygen atoms in total. The number of rotatable bonds is 8. The van der Waals surface area contributed by atoms with Crippen LogP contribution in [0.2, 0.25) is 0 Å². The summed E-state index contributed by atoms with van der Waals surface area (Å²) in [7, 11) is 0. The number of ketones is 1. The Morgan fingerprint density at radius 1 is 1.17 bits per heavy atom. The monoisotopic (exact) mass is 311 g/mol. The molecule has 120 valence electrons. The molecule has 2 aromatic rings. The molecule has 1 aromatic carbocycles. The zero-order valence-electron chi connectivity index (χ0n) is 13.5. The molecule has 1 heterocycles. The molecule has 4 heteroatoms. The molecule has 0 N–H and O–H groups in total. The van der Waals surface area contributed by atoms with Crippen LogP contribution in [0.25, 0.3) is 6.08 Å². The molecular weight excluding hydrogens is 290 g/mol. The quantitative estimate of drug-likeness (QED) is 0.542. The average Bonchev–Trinajstić information content (AvgIpc) is 2.60. The summed E-state index contributed by atoms with van der Waals surface area (Å²) in [5.74, 6) is 1.34. The summed E-state index contributed by atoms with van der Waals surface area (Å²) in [6.45, 7) is 5.19. The third-order valence-electron chi connectivity index (χ3n) is 3.10.